The van der Waals surface area contributed by atoms with Gasteiger partial charge in [-0.1, -0.05) is 90.4 Å². The molecule has 0 aliphatic heterocycles. The van der Waals surface area contributed by atoms with Crippen molar-refractivity contribution in [1.29, 1.82) is 0 Å². The van der Waals surface area contributed by atoms with Gasteiger partial charge in [-0.2, -0.15) is 0 Å². The van der Waals surface area contributed by atoms with Crippen molar-refractivity contribution < 1.29 is 28.9 Å². The summed E-state index contributed by atoms with van der Waals surface area (Å²) in [6.07, 6.45) is 20.4. The number of hydrogen-bond donors (Lipinski definition) is 2. The monoisotopic (exact) mass is 501 g/mol. The van der Waals surface area contributed by atoms with Gasteiger partial charge in [-0.25, -0.2) is 0 Å². The van der Waals surface area contributed by atoms with E-state index in [-0.39, 0.29) is 12.3 Å². The van der Waals surface area contributed by atoms with E-state index in [9.17, 15) is 9.59 Å². The highest BCUT2D eigenvalue weighted by Crippen LogP contribution is 2.12. The largest absolute Gasteiger partial charge is 0.481 e. The molecule has 0 saturated heterocycles. The molecule has 7 nitrogen and oxygen atoms in total. The summed E-state index contributed by atoms with van der Waals surface area (Å²) in [7, 11) is 0. The van der Waals surface area contributed by atoms with Gasteiger partial charge in [0, 0.05) is 26.0 Å². The first-order valence-corrected chi connectivity index (χ1v) is 14.4. The van der Waals surface area contributed by atoms with E-state index in [1.54, 1.807) is 0 Å². The zero-order valence-corrected chi connectivity index (χ0v) is 22.7. The van der Waals surface area contributed by atoms with Crippen LogP contribution in [-0.2, 0) is 23.8 Å². The molecule has 7 heteroatoms. The SMILES string of the molecule is CCCCCCCCCCCCCCCC(=O)NCCOCCOCCOCCCCCC(=O)O. The predicted molar refractivity (Wildman–Crippen MR) is 142 cm³/mol. The van der Waals surface area contributed by atoms with Gasteiger partial charge in [-0.3, -0.25) is 9.59 Å². The number of carbonyl (C=O) groups is 2. The highest BCUT2D eigenvalue weighted by atomic mass is 16.5. The lowest BCUT2D eigenvalue weighted by Gasteiger charge is -2.08. The third-order valence-electron chi connectivity index (χ3n) is 6.00. The molecule has 0 atom stereocenters. The van der Waals surface area contributed by atoms with E-state index in [0.717, 1.165) is 25.7 Å². The van der Waals surface area contributed by atoms with E-state index in [1.807, 2.05) is 0 Å². The van der Waals surface area contributed by atoms with Gasteiger partial charge in [0.2, 0.25) is 5.91 Å². The van der Waals surface area contributed by atoms with Crippen molar-refractivity contribution >= 4 is 11.9 Å². The zero-order chi connectivity index (χ0) is 25.7. The number of carboxylic acids is 1. The standard InChI is InChI=1S/C28H55NO6/c1-2-3-4-5-6-7-8-9-10-11-12-13-15-18-27(30)29-20-22-34-24-26-35-25-23-33-21-17-14-16-19-28(31)32/h2-26H2,1H3,(H,29,30)(H,31,32). The number of unbranched alkanes of at least 4 members (excludes halogenated alkanes) is 14. The number of hydrogen-bond acceptors (Lipinski definition) is 5. The molecule has 0 bridgehead atoms. The highest BCUT2D eigenvalue weighted by Gasteiger charge is 2.01. The molecule has 0 fully saturated rings. The third-order valence-corrected chi connectivity index (χ3v) is 6.00. The van der Waals surface area contributed by atoms with Crippen LogP contribution in [0.25, 0.3) is 0 Å². The summed E-state index contributed by atoms with van der Waals surface area (Å²) in [4.78, 5) is 22.3. The summed E-state index contributed by atoms with van der Waals surface area (Å²) in [5.41, 5.74) is 0. The van der Waals surface area contributed by atoms with Crippen LogP contribution < -0.4 is 5.32 Å². The first kappa shape index (κ1) is 33.8. The van der Waals surface area contributed by atoms with Gasteiger partial charge >= 0.3 is 5.97 Å². The van der Waals surface area contributed by atoms with Crippen molar-refractivity contribution in [2.24, 2.45) is 0 Å². The molecule has 0 aromatic rings. The minimum Gasteiger partial charge on any atom is -0.481 e. The Morgan fingerprint density at radius 2 is 0.971 bits per heavy atom. The maximum absolute atomic E-state index is 11.9. The topological polar surface area (TPSA) is 94.1 Å². The van der Waals surface area contributed by atoms with Crippen LogP contribution in [0, 0.1) is 0 Å². The number of carbonyl (C=O) groups excluding carboxylic acids is 1. The van der Waals surface area contributed by atoms with E-state index in [1.165, 1.54) is 70.6 Å². The fourth-order valence-electron chi connectivity index (χ4n) is 3.85. The van der Waals surface area contributed by atoms with Crippen molar-refractivity contribution in [1.82, 2.24) is 5.32 Å². The van der Waals surface area contributed by atoms with E-state index in [0.29, 0.717) is 59.0 Å². The van der Waals surface area contributed by atoms with E-state index in [4.69, 9.17) is 19.3 Å². The maximum atomic E-state index is 11.9. The van der Waals surface area contributed by atoms with Crippen molar-refractivity contribution in [2.75, 3.05) is 46.2 Å². The first-order valence-electron chi connectivity index (χ1n) is 14.4. The van der Waals surface area contributed by atoms with E-state index in [2.05, 4.69) is 12.2 Å². The highest BCUT2D eigenvalue weighted by molar-refractivity contribution is 5.75. The summed E-state index contributed by atoms with van der Waals surface area (Å²) < 4.78 is 16.3. The number of nitrogens with one attached hydrogen (secondary N) is 1. The minimum atomic E-state index is -0.742. The Labute approximate surface area is 215 Å². The number of aliphatic carboxylic acids is 1. The Morgan fingerprint density at radius 3 is 1.51 bits per heavy atom. The molecule has 208 valence electrons. The summed E-state index contributed by atoms with van der Waals surface area (Å²) >= 11 is 0. The molecule has 2 N–H and O–H groups in total. The van der Waals surface area contributed by atoms with E-state index < -0.39 is 5.97 Å². The van der Waals surface area contributed by atoms with Gasteiger partial charge in [0.05, 0.1) is 33.0 Å². The second kappa shape index (κ2) is 29.1. The second-order valence-electron chi connectivity index (χ2n) is 9.38. The Morgan fingerprint density at radius 1 is 0.543 bits per heavy atom. The molecule has 0 aromatic carbocycles. The van der Waals surface area contributed by atoms with Gasteiger partial charge in [0.1, 0.15) is 0 Å². The molecule has 0 spiro atoms. The van der Waals surface area contributed by atoms with Crippen molar-refractivity contribution in [2.45, 2.75) is 122 Å². The number of ether oxygens (including phenoxy) is 3. The molecule has 0 rings (SSSR count). The molecular weight excluding hydrogens is 446 g/mol. The number of amides is 1. The Kier molecular flexibility index (Phi) is 28.1. The first-order chi connectivity index (χ1) is 17.2. The number of carboxylic acid groups (broad SMARTS) is 1. The third kappa shape index (κ3) is 30.8. The molecule has 0 unspecified atom stereocenters. The van der Waals surface area contributed by atoms with Crippen LogP contribution >= 0.6 is 0 Å². The van der Waals surface area contributed by atoms with Gasteiger partial charge < -0.3 is 24.6 Å². The van der Waals surface area contributed by atoms with Crippen molar-refractivity contribution in [3.05, 3.63) is 0 Å². The summed E-state index contributed by atoms with van der Waals surface area (Å²) in [5.74, 6) is -0.623. The molecular formula is C28H55NO6. The van der Waals surface area contributed by atoms with Crippen LogP contribution in [0.1, 0.15) is 122 Å². The van der Waals surface area contributed by atoms with E-state index >= 15 is 0 Å². The molecule has 1 amide bonds. The molecule has 0 saturated carbocycles. The fourth-order valence-corrected chi connectivity index (χ4v) is 3.85. The smallest absolute Gasteiger partial charge is 0.303 e. The normalized spacial score (nSPS) is 11.1. The Bertz CT molecular complexity index is 461. The average Bonchev–Trinajstić information content (AvgIpc) is 2.84. The van der Waals surface area contributed by atoms with Crippen LogP contribution in [0.3, 0.4) is 0 Å². The van der Waals surface area contributed by atoms with Crippen LogP contribution in [-0.4, -0.2) is 63.2 Å². The Balaban J connectivity index is 3.15. The molecule has 0 aromatic heterocycles. The molecule has 0 heterocycles. The second-order valence-corrected chi connectivity index (χ2v) is 9.38. The lowest BCUT2D eigenvalue weighted by atomic mass is 10.0. The van der Waals surface area contributed by atoms with Crippen molar-refractivity contribution in [3.8, 4) is 0 Å². The zero-order valence-electron chi connectivity index (χ0n) is 22.7. The summed E-state index contributed by atoms with van der Waals surface area (Å²) in [6, 6.07) is 0. The minimum absolute atomic E-state index is 0.119. The summed E-state index contributed by atoms with van der Waals surface area (Å²) in [6.45, 7) is 6.02. The molecule has 0 radical (unpaired) electrons. The van der Waals surface area contributed by atoms with Gasteiger partial charge in [-0.05, 0) is 19.3 Å². The van der Waals surface area contributed by atoms with Gasteiger partial charge in [-0.15, -0.1) is 0 Å². The lowest BCUT2D eigenvalue weighted by molar-refractivity contribution is -0.137. The van der Waals surface area contributed by atoms with Crippen LogP contribution in [0.4, 0.5) is 0 Å². The van der Waals surface area contributed by atoms with Crippen LogP contribution in [0.5, 0.6) is 0 Å². The Hall–Kier alpha value is -1.18. The maximum Gasteiger partial charge on any atom is 0.303 e. The quantitative estimate of drug-likeness (QED) is 0.117. The van der Waals surface area contributed by atoms with Crippen LogP contribution in [0.2, 0.25) is 0 Å². The molecule has 0 aliphatic rings. The summed E-state index contributed by atoms with van der Waals surface area (Å²) in [5, 5.41) is 11.5. The average molecular weight is 502 g/mol. The molecule has 0 aliphatic carbocycles. The lowest BCUT2D eigenvalue weighted by Crippen LogP contribution is -2.27. The molecule has 35 heavy (non-hydrogen) atoms. The van der Waals surface area contributed by atoms with Gasteiger partial charge in [0.25, 0.3) is 0 Å². The predicted octanol–water partition coefficient (Wildman–Crippen LogP) is 6.28. The van der Waals surface area contributed by atoms with Crippen LogP contribution in [0.15, 0.2) is 0 Å². The van der Waals surface area contributed by atoms with Crippen molar-refractivity contribution in [3.63, 3.8) is 0 Å². The van der Waals surface area contributed by atoms with Gasteiger partial charge in [0.15, 0.2) is 0 Å². The number of rotatable bonds is 29. The fraction of sp³-hybridized carbons (Fsp3) is 0.929.